The first-order valence-electron chi connectivity index (χ1n) is 3.60. The predicted octanol–water partition coefficient (Wildman–Crippen LogP) is 3.10. The summed E-state index contributed by atoms with van der Waals surface area (Å²) < 4.78 is 9.97. The molecule has 0 rings (SSSR count). The van der Waals surface area contributed by atoms with E-state index in [1.165, 1.54) is 12.8 Å². The maximum absolute atomic E-state index is 9.97. The Hall–Kier alpha value is 0.100. The van der Waals surface area contributed by atoms with Crippen molar-refractivity contribution in [1.82, 2.24) is 0 Å². The first-order valence-corrected chi connectivity index (χ1v) is 4.60. The van der Waals surface area contributed by atoms with Gasteiger partial charge in [0.1, 0.15) is 0 Å². The van der Waals surface area contributed by atoms with Gasteiger partial charge in [-0.05, 0) is 18.8 Å². The molecule has 0 heterocycles. The molecule has 2 heteroatoms. The van der Waals surface area contributed by atoms with Gasteiger partial charge < -0.3 is 0 Å². The summed E-state index contributed by atoms with van der Waals surface area (Å²) in [6.07, 6.45) is 4.42. The average molecular weight is 146 g/mol. The van der Waals surface area contributed by atoms with Gasteiger partial charge >= 0.3 is 0 Å². The summed E-state index contributed by atoms with van der Waals surface area (Å²) in [6.45, 7) is 4.43. The topological polar surface area (TPSA) is 17.1 Å². The minimum absolute atomic E-state index is 0.306. The number of hydrogen-bond donors (Lipinski definition) is 0. The molecule has 0 aromatic carbocycles. The molecule has 0 aromatic heterocycles. The van der Waals surface area contributed by atoms with E-state index in [0.29, 0.717) is 8.46 Å². The molecule has 0 saturated carbocycles. The summed E-state index contributed by atoms with van der Waals surface area (Å²) in [5.74, 6) is 0.812. The van der Waals surface area contributed by atoms with Gasteiger partial charge in [0.25, 0.3) is 0 Å². The van der Waals surface area contributed by atoms with Crippen molar-refractivity contribution in [2.24, 2.45) is 5.92 Å². The van der Waals surface area contributed by atoms with Crippen LogP contribution in [0.25, 0.3) is 0 Å². The van der Waals surface area contributed by atoms with Crippen LogP contribution < -0.4 is 0 Å². The molecule has 0 radical (unpaired) electrons. The molecule has 0 aromatic rings. The van der Waals surface area contributed by atoms with Crippen LogP contribution >= 0.6 is 8.46 Å². The lowest BCUT2D eigenvalue weighted by Gasteiger charge is -2.03. The molecule has 0 saturated heterocycles. The van der Waals surface area contributed by atoms with E-state index in [1.807, 2.05) is 0 Å². The highest BCUT2D eigenvalue weighted by atomic mass is 31.1. The van der Waals surface area contributed by atoms with Crippen LogP contribution in [0, 0.1) is 5.92 Å². The Kier molecular flexibility index (Phi) is 6.29. The van der Waals surface area contributed by atoms with Crippen molar-refractivity contribution in [3.8, 4) is 0 Å². The van der Waals surface area contributed by atoms with Gasteiger partial charge in [-0.1, -0.05) is 20.3 Å². The summed E-state index contributed by atoms with van der Waals surface area (Å²) in [5.41, 5.74) is 0. The van der Waals surface area contributed by atoms with Crippen LogP contribution in [-0.2, 0) is 4.57 Å². The van der Waals surface area contributed by atoms with Crippen LogP contribution in [0.3, 0.4) is 0 Å². The van der Waals surface area contributed by atoms with Gasteiger partial charge in [0.15, 0.2) is 8.46 Å². The standard InChI is InChI=1S/C7H15OP/c1-3-7(2)5-4-6-9-8/h7H,3-6H2,1-2H3. The maximum atomic E-state index is 9.97. The molecule has 1 unspecified atom stereocenters. The van der Waals surface area contributed by atoms with Crippen LogP contribution in [0.5, 0.6) is 0 Å². The third-order valence-corrected chi connectivity index (χ3v) is 2.14. The SMILES string of the molecule is CCC(C)CCCP=O. The Morgan fingerprint density at radius 3 is 2.67 bits per heavy atom. The minimum atomic E-state index is 0.306. The molecule has 0 N–H and O–H groups in total. The molecule has 0 amide bonds. The molecule has 0 aliphatic carbocycles. The van der Waals surface area contributed by atoms with Gasteiger partial charge in [0.05, 0.1) is 0 Å². The lowest BCUT2D eigenvalue weighted by atomic mass is 10.0. The highest BCUT2D eigenvalue weighted by Crippen LogP contribution is 2.10. The van der Waals surface area contributed by atoms with Gasteiger partial charge in [0, 0.05) is 6.16 Å². The maximum Gasteiger partial charge on any atom is 0.155 e. The van der Waals surface area contributed by atoms with E-state index in [4.69, 9.17) is 0 Å². The molecule has 0 aliphatic heterocycles. The normalized spacial score (nSPS) is 14.0. The van der Waals surface area contributed by atoms with Gasteiger partial charge in [0.2, 0.25) is 0 Å². The second-order valence-electron chi connectivity index (χ2n) is 2.51. The molecule has 1 nitrogen and oxygen atoms in total. The predicted molar refractivity (Wildman–Crippen MR) is 41.2 cm³/mol. The minimum Gasteiger partial charge on any atom is -0.275 e. The molecule has 0 fully saturated rings. The second-order valence-corrected chi connectivity index (χ2v) is 3.21. The van der Waals surface area contributed by atoms with Crippen LogP contribution in [0.4, 0.5) is 0 Å². The molecular weight excluding hydrogens is 131 g/mol. The fourth-order valence-electron chi connectivity index (χ4n) is 0.708. The van der Waals surface area contributed by atoms with Crippen molar-refractivity contribution >= 4 is 8.46 Å². The first kappa shape index (κ1) is 9.10. The fourth-order valence-corrected chi connectivity index (χ4v) is 1.02. The lowest BCUT2D eigenvalue weighted by Crippen LogP contribution is -1.91. The van der Waals surface area contributed by atoms with E-state index in [0.717, 1.165) is 18.5 Å². The monoisotopic (exact) mass is 146 g/mol. The van der Waals surface area contributed by atoms with Crippen LogP contribution in [0.2, 0.25) is 0 Å². The van der Waals surface area contributed by atoms with Crippen molar-refractivity contribution < 1.29 is 4.57 Å². The Morgan fingerprint density at radius 2 is 2.22 bits per heavy atom. The molecule has 9 heavy (non-hydrogen) atoms. The second kappa shape index (κ2) is 6.22. The zero-order valence-electron chi connectivity index (χ0n) is 6.26. The Morgan fingerprint density at radius 1 is 1.56 bits per heavy atom. The van der Waals surface area contributed by atoms with E-state index in [9.17, 15) is 4.57 Å². The summed E-state index contributed by atoms with van der Waals surface area (Å²) >= 11 is 0. The van der Waals surface area contributed by atoms with E-state index in [2.05, 4.69) is 13.8 Å². The van der Waals surface area contributed by atoms with E-state index in [1.54, 1.807) is 0 Å². The average Bonchev–Trinajstić information content (AvgIpc) is 1.89. The van der Waals surface area contributed by atoms with E-state index in [-0.39, 0.29) is 0 Å². The first-order chi connectivity index (χ1) is 4.31. The molecular formula is C7H15OP. The highest BCUT2D eigenvalue weighted by Gasteiger charge is 1.96. The summed E-state index contributed by atoms with van der Waals surface area (Å²) in [7, 11) is 0.306. The van der Waals surface area contributed by atoms with E-state index >= 15 is 0 Å². The zero-order chi connectivity index (χ0) is 7.11. The lowest BCUT2D eigenvalue weighted by molar-refractivity contribution is 0.508. The van der Waals surface area contributed by atoms with Gasteiger partial charge in [-0.3, -0.25) is 4.57 Å². The third-order valence-electron chi connectivity index (χ3n) is 1.64. The smallest absolute Gasteiger partial charge is 0.155 e. The quantitative estimate of drug-likeness (QED) is 0.430. The van der Waals surface area contributed by atoms with E-state index < -0.39 is 0 Å². The Bertz CT molecular complexity index is 73.3. The van der Waals surface area contributed by atoms with Gasteiger partial charge in [-0.15, -0.1) is 0 Å². The zero-order valence-corrected chi connectivity index (χ0v) is 7.16. The van der Waals surface area contributed by atoms with Crippen molar-refractivity contribution in [1.29, 1.82) is 0 Å². The van der Waals surface area contributed by atoms with Crippen molar-refractivity contribution in [2.75, 3.05) is 6.16 Å². The number of hydrogen-bond acceptors (Lipinski definition) is 1. The summed E-state index contributed by atoms with van der Waals surface area (Å²) in [6, 6.07) is 0. The third kappa shape index (κ3) is 5.98. The van der Waals surface area contributed by atoms with Crippen LogP contribution in [-0.4, -0.2) is 6.16 Å². The summed E-state index contributed by atoms with van der Waals surface area (Å²) in [5, 5.41) is 0. The molecule has 0 aliphatic rings. The molecule has 54 valence electrons. The molecule has 0 spiro atoms. The van der Waals surface area contributed by atoms with Gasteiger partial charge in [-0.25, -0.2) is 0 Å². The van der Waals surface area contributed by atoms with Crippen LogP contribution in [0.15, 0.2) is 0 Å². The number of rotatable bonds is 5. The van der Waals surface area contributed by atoms with Crippen molar-refractivity contribution in [3.63, 3.8) is 0 Å². The molecule has 1 atom stereocenters. The highest BCUT2D eigenvalue weighted by molar-refractivity contribution is 7.23. The Labute approximate surface area is 59.0 Å². The Balaban J connectivity index is 2.96. The van der Waals surface area contributed by atoms with Crippen molar-refractivity contribution in [2.45, 2.75) is 33.1 Å². The van der Waals surface area contributed by atoms with Crippen molar-refractivity contribution in [3.05, 3.63) is 0 Å². The summed E-state index contributed by atoms with van der Waals surface area (Å²) in [4.78, 5) is 0. The molecule has 0 bridgehead atoms. The van der Waals surface area contributed by atoms with Gasteiger partial charge in [-0.2, -0.15) is 0 Å². The van der Waals surface area contributed by atoms with Crippen LogP contribution in [0.1, 0.15) is 33.1 Å². The fraction of sp³-hybridized carbons (Fsp3) is 1.00. The largest absolute Gasteiger partial charge is 0.275 e.